The number of rotatable bonds is 7. The molecule has 1 N–H and O–H groups in total. The number of benzene rings is 2. The molecule has 0 unspecified atom stereocenters. The summed E-state index contributed by atoms with van der Waals surface area (Å²) in [6.07, 6.45) is 2.69. The monoisotopic (exact) mass is 482 g/mol. The molecule has 178 valence electrons. The van der Waals surface area contributed by atoms with Crippen LogP contribution in [0.15, 0.2) is 65.8 Å². The van der Waals surface area contributed by atoms with E-state index in [-0.39, 0.29) is 35.3 Å². The van der Waals surface area contributed by atoms with E-state index in [2.05, 4.69) is 15.3 Å². The zero-order chi connectivity index (χ0) is 24.1. The third-order valence-corrected chi connectivity index (χ3v) is 7.01. The van der Waals surface area contributed by atoms with Crippen molar-refractivity contribution in [3.8, 4) is 17.1 Å². The van der Waals surface area contributed by atoms with Crippen molar-refractivity contribution < 1.29 is 22.7 Å². The lowest BCUT2D eigenvalue weighted by atomic mass is 10.2. The van der Waals surface area contributed by atoms with Crippen LogP contribution in [0.2, 0.25) is 0 Å². The Bertz CT molecular complexity index is 1240. The van der Waals surface area contributed by atoms with Gasteiger partial charge in [0.1, 0.15) is 5.75 Å². The third-order valence-electron chi connectivity index (χ3n) is 5.12. The SMILES string of the molecule is CC(C)Oc1ccc(S(=O)(=O)N2CCOCC2)cc1NC(=O)c1cnc(-c2ccccc2)nc1. The molecule has 34 heavy (non-hydrogen) atoms. The Morgan fingerprint density at radius 3 is 2.38 bits per heavy atom. The number of anilines is 1. The molecule has 10 heteroatoms. The highest BCUT2D eigenvalue weighted by molar-refractivity contribution is 7.89. The van der Waals surface area contributed by atoms with Crippen LogP contribution >= 0.6 is 0 Å². The van der Waals surface area contributed by atoms with Gasteiger partial charge < -0.3 is 14.8 Å². The van der Waals surface area contributed by atoms with Crippen molar-refractivity contribution in [3.05, 3.63) is 66.5 Å². The van der Waals surface area contributed by atoms with Crippen LogP contribution in [0.1, 0.15) is 24.2 Å². The maximum Gasteiger partial charge on any atom is 0.258 e. The van der Waals surface area contributed by atoms with Crippen LogP contribution in [0, 0.1) is 0 Å². The number of hydrogen-bond acceptors (Lipinski definition) is 7. The minimum atomic E-state index is -3.74. The van der Waals surface area contributed by atoms with Crippen LogP contribution in [0.5, 0.6) is 5.75 Å². The molecular weight excluding hydrogens is 456 g/mol. The Kier molecular flexibility index (Phi) is 7.20. The minimum absolute atomic E-state index is 0.0662. The number of ether oxygens (including phenoxy) is 2. The second-order valence-corrected chi connectivity index (χ2v) is 9.89. The van der Waals surface area contributed by atoms with Crippen LogP contribution in [-0.4, -0.2) is 61.0 Å². The third kappa shape index (κ3) is 5.41. The number of aromatic nitrogens is 2. The first-order valence-electron chi connectivity index (χ1n) is 10.9. The predicted molar refractivity (Wildman–Crippen MR) is 127 cm³/mol. The van der Waals surface area contributed by atoms with Crippen LogP contribution in [-0.2, 0) is 14.8 Å². The van der Waals surface area contributed by atoms with Gasteiger partial charge in [0.15, 0.2) is 5.82 Å². The van der Waals surface area contributed by atoms with Crippen molar-refractivity contribution in [1.29, 1.82) is 0 Å². The van der Waals surface area contributed by atoms with E-state index in [0.29, 0.717) is 24.8 Å². The molecule has 1 aliphatic rings. The Hall–Kier alpha value is -3.34. The molecule has 1 aromatic heterocycles. The lowest BCUT2D eigenvalue weighted by molar-refractivity contribution is 0.0730. The largest absolute Gasteiger partial charge is 0.489 e. The Labute approximate surface area is 198 Å². The molecule has 2 aromatic carbocycles. The molecule has 0 aliphatic carbocycles. The quantitative estimate of drug-likeness (QED) is 0.550. The van der Waals surface area contributed by atoms with Crippen LogP contribution in [0.4, 0.5) is 5.69 Å². The van der Waals surface area contributed by atoms with Gasteiger partial charge in [-0.25, -0.2) is 18.4 Å². The maximum absolute atomic E-state index is 13.1. The topological polar surface area (TPSA) is 111 Å². The van der Waals surface area contributed by atoms with E-state index in [1.165, 1.54) is 28.8 Å². The molecule has 1 saturated heterocycles. The molecule has 9 nitrogen and oxygen atoms in total. The number of carbonyl (C=O) groups is 1. The van der Waals surface area contributed by atoms with E-state index in [0.717, 1.165) is 5.56 Å². The fourth-order valence-electron chi connectivity index (χ4n) is 3.44. The van der Waals surface area contributed by atoms with E-state index in [1.54, 1.807) is 6.07 Å². The average molecular weight is 483 g/mol. The summed E-state index contributed by atoms with van der Waals surface area (Å²) in [5, 5.41) is 2.76. The summed E-state index contributed by atoms with van der Waals surface area (Å²) < 4.78 is 38.6. The number of amides is 1. The summed E-state index contributed by atoms with van der Waals surface area (Å²) in [7, 11) is -3.74. The van der Waals surface area contributed by atoms with Crippen molar-refractivity contribution in [3.63, 3.8) is 0 Å². The highest BCUT2D eigenvalue weighted by atomic mass is 32.2. The van der Waals surface area contributed by atoms with Gasteiger partial charge in [-0.05, 0) is 32.0 Å². The van der Waals surface area contributed by atoms with E-state index >= 15 is 0 Å². The zero-order valence-electron chi connectivity index (χ0n) is 19.0. The Morgan fingerprint density at radius 1 is 1.06 bits per heavy atom. The summed E-state index contributed by atoms with van der Waals surface area (Å²) in [5.41, 5.74) is 1.32. The molecule has 4 rings (SSSR count). The maximum atomic E-state index is 13.1. The fourth-order valence-corrected chi connectivity index (χ4v) is 4.87. The molecular formula is C24H26N4O5S. The van der Waals surface area contributed by atoms with E-state index in [1.807, 2.05) is 44.2 Å². The van der Waals surface area contributed by atoms with Gasteiger partial charge in [-0.1, -0.05) is 30.3 Å². The first kappa shape index (κ1) is 23.8. The number of morpholine rings is 1. The fraction of sp³-hybridized carbons (Fsp3) is 0.292. The second-order valence-electron chi connectivity index (χ2n) is 7.96. The van der Waals surface area contributed by atoms with Crippen molar-refractivity contribution in [2.24, 2.45) is 0 Å². The molecule has 1 fully saturated rings. The van der Waals surface area contributed by atoms with Crippen LogP contribution in [0.25, 0.3) is 11.4 Å². The highest BCUT2D eigenvalue weighted by Crippen LogP contribution is 2.31. The van der Waals surface area contributed by atoms with Gasteiger partial charge in [-0.2, -0.15) is 4.31 Å². The van der Waals surface area contributed by atoms with Gasteiger partial charge in [0.05, 0.1) is 35.5 Å². The van der Waals surface area contributed by atoms with Crippen molar-refractivity contribution >= 4 is 21.6 Å². The zero-order valence-corrected chi connectivity index (χ0v) is 19.8. The molecule has 0 spiro atoms. The van der Waals surface area contributed by atoms with Gasteiger partial charge >= 0.3 is 0 Å². The molecule has 1 aliphatic heterocycles. The van der Waals surface area contributed by atoms with Crippen LogP contribution < -0.4 is 10.1 Å². The number of sulfonamides is 1. The molecule has 0 radical (unpaired) electrons. The average Bonchev–Trinajstić information content (AvgIpc) is 2.86. The van der Waals surface area contributed by atoms with Crippen molar-refractivity contribution in [2.75, 3.05) is 31.6 Å². The smallest absolute Gasteiger partial charge is 0.258 e. The lowest BCUT2D eigenvalue weighted by Gasteiger charge is -2.26. The second kappa shape index (κ2) is 10.3. The number of carbonyl (C=O) groups excluding carboxylic acids is 1. The van der Waals surface area contributed by atoms with Gasteiger partial charge in [0.2, 0.25) is 10.0 Å². The predicted octanol–water partition coefficient (Wildman–Crippen LogP) is 3.20. The van der Waals surface area contributed by atoms with Gasteiger partial charge in [0, 0.05) is 31.0 Å². The summed E-state index contributed by atoms with van der Waals surface area (Å²) in [6, 6.07) is 13.9. The van der Waals surface area contributed by atoms with Crippen molar-refractivity contribution in [1.82, 2.24) is 14.3 Å². The molecule has 0 saturated carbocycles. The standard InChI is InChI=1S/C24H26N4O5S/c1-17(2)33-22-9-8-20(34(30,31)28-10-12-32-13-11-28)14-21(22)27-24(29)19-15-25-23(26-16-19)18-6-4-3-5-7-18/h3-9,14-17H,10-13H2,1-2H3,(H,27,29). The number of nitrogens with one attached hydrogen (secondary N) is 1. The normalized spacial score (nSPS) is 14.7. The molecule has 0 bridgehead atoms. The van der Waals surface area contributed by atoms with Crippen molar-refractivity contribution in [2.45, 2.75) is 24.8 Å². The summed E-state index contributed by atoms with van der Waals surface area (Å²) >= 11 is 0. The molecule has 0 atom stereocenters. The minimum Gasteiger partial charge on any atom is -0.489 e. The Balaban J connectivity index is 1.60. The summed E-state index contributed by atoms with van der Waals surface area (Å²) in [4.78, 5) is 21.6. The Morgan fingerprint density at radius 2 is 1.74 bits per heavy atom. The van der Waals surface area contributed by atoms with E-state index in [4.69, 9.17) is 9.47 Å². The molecule has 1 amide bonds. The summed E-state index contributed by atoms with van der Waals surface area (Å²) in [5.74, 6) is 0.389. The van der Waals surface area contributed by atoms with Gasteiger partial charge in [0.25, 0.3) is 5.91 Å². The lowest BCUT2D eigenvalue weighted by Crippen LogP contribution is -2.40. The number of nitrogens with zero attached hydrogens (tertiary/aromatic N) is 3. The first-order chi connectivity index (χ1) is 16.3. The van der Waals surface area contributed by atoms with Gasteiger partial charge in [-0.3, -0.25) is 4.79 Å². The highest BCUT2D eigenvalue weighted by Gasteiger charge is 2.27. The van der Waals surface area contributed by atoms with E-state index in [9.17, 15) is 13.2 Å². The van der Waals surface area contributed by atoms with Crippen LogP contribution in [0.3, 0.4) is 0 Å². The summed E-state index contributed by atoms with van der Waals surface area (Å²) in [6.45, 7) is 4.94. The first-order valence-corrected chi connectivity index (χ1v) is 12.4. The molecule has 2 heterocycles. The van der Waals surface area contributed by atoms with E-state index < -0.39 is 15.9 Å². The van der Waals surface area contributed by atoms with Gasteiger partial charge in [-0.15, -0.1) is 0 Å². The number of hydrogen-bond donors (Lipinski definition) is 1. The molecule has 3 aromatic rings.